The van der Waals surface area contributed by atoms with Crippen molar-refractivity contribution >= 4 is 53.3 Å². The second-order valence-electron chi connectivity index (χ2n) is 14.7. The average molecular weight is 767 g/mol. The van der Waals surface area contributed by atoms with Crippen LogP contribution in [0, 0.1) is 0 Å². The van der Waals surface area contributed by atoms with Crippen molar-refractivity contribution in [3.05, 3.63) is 205 Å². The minimum absolute atomic E-state index is 0.00811. The molecular formula is C53H34N4S. The molecule has 4 nitrogen and oxygen atoms in total. The van der Waals surface area contributed by atoms with E-state index in [9.17, 15) is 2.74 Å². The van der Waals surface area contributed by atoms with Crippen molar-refractivity contribution in [3.63, 3.8) is 0 Å². The van der Waals surface area contributed by atoms with Gasteiger partial charge in [-0.1, -0.05) is 152 Å². The van der Waals surface area contributed by atoms with E-state index in [4.69, 9.17) is 23.2 Å². The lowest BCUT2D eigenvalue weighted by Crippen LogP contribution is -2.22. The van der Waals surface area contributed by atoms with Crippen LogP contribution in [0.1, 0.15) is 34.6 Å². The van der Waals surface area contributed by atoms with E-state index < -0.39 is 41.7 Å². The third kappa shape index (κ3) is 4.71. The second-order valence-corrected chi connectivity index (χ2v) is 15.7. The van der Waals surface area contributed by atoms with Gasteiger partial charge in [-0.3, -0.25) is 0 Å². The zero-order valence-corrected chi connectivity index (χ0v) is 31.8. The Morgan fingerprint density at radius 2 is 1.03 bits per heavy atom. The summed E-state index contributed by atoms with van der Waals surface area (Å²) >= 11 is 1.66. The van der Waals surface area contributed by atoms with Gasteiger partial charge in [0.05, 0.1) is 27.7 Å². The van der Waals surface area contributed by atoms with E-state index in [1.54, 1.807) is 23.5 Å². The van der Waals surface area contributed by atoms with Crippen LogP contribution in [0.15, 0.2) is 188 Å². The lowest BCUT2D eigenvalue weighted by molar-refractivity contribution is 0.714. The number of rotatable bonds is 5. The first kappa shape index (κ1) is 25.9. The molecule has 0 amide bonds. The molecule has 12 rings (SSSR count). The highest BCUT2D eigenvalue weighted by Crippen LogP contribution is 2.55. The van der Waals surface area contributed by atoms with Crippen LogP contribution in [0.3, 0.4) is 0 Å². The third-order valence-electron chi connectivity index (χ3n) is 11.6. The van der Waals surface area contributed by atoms with Gasteiger partial charge < -0.3 is 4.57 Å². The molecule has 5 heteroatoms. The smallest absolute Gasteiger partial charge is 0.166 e. The normalized spacial score (nSPS) is 16.6. The van der Waals surface area contributed by atoms with Crippen molar-refractivity contribution in [1.82, 2.24) is 19.5 Å². The van der Waals surface area contributed by atoms with E-state index in [0.717, 1.165) is 59.1 Å². The number of para-hydroxylation sites is 3. The summed E-state index contributed by atoms with van der Waals surface area (Å²) in [6.07, 6.45) is 0. The van der Waals surface area contributed by atoms with Crippen molar-refractivity contribution in [2.24, 2.45) is 0 Å². The lowest BCUT2D eigenvalue weighted by atomic mass is 9.74. The van der Waals surface area contributed by atoms with Crippen LogP contribution < -0.4 is 0 Å². The Hall–Kier alpha value is -7.21. The number of fused-ring (bicyclic) bond motifs is 9. The van der Waals surface area contributed by atoms with Crippen LogP contribution in [-0.4, -0.2) is 19.5 Å². The van der Waals surface area contributed by atoms with E-state index in [1.165, 1.54) is 4.57 Å². The standard InChI is InChI=1S/C53H34N4S/c1-53(33-17-3-2-4-18-33)42-27-10-5-22-38(42)48-40(25-16-28-43(48)53)51-54-50(55-52(56-51)41-26-15-24-37-36-21-9-14-32-47(36)58-49(37)41)39-23-8-13-31-46(39)57-44-29-11-6-19-34(44)35-20-7-12-30-45(35)57/h2-32H,1H3/i6D,7D,11D,12D,19D,20D,29D,30D. The van der Waals surface area contributed by atoms with Crippen LogP contribution >= 0.6 is 11.3 Å². The summed E-state index contributed by atoms with van der Waals surface area (Å²) in [4.78, 5) is 16.0. The van der Waals surface area contributed by atoms with Gasteiger partial charge in [-0.2, -0.15) is 0 Å². The van der Waals surface area contributed by atoms with Gasteiger partial charge in [0.25, 0.3) is 0 Å². The summed E-state index contributed by atoms with van der Waals surface area (Å²) < 4.78 is 75.0. The molecule has 1 aliphatic rings. The molecule has 0 fully saturated rings. The molecule has 0 radical (unpaired) electrons. The van der Waals surface area contributed by atoms with E-state index in [-0.39, 0.29) is 39.7 Å². The fourth-order valence-electron chi connectivity index (χ4n) is 8.99. The number of hydrogen-bond donors (Lipinski definition) is 0. The fraction of sp³-hybridized carbons (Fsp3) is 0.0377. The van der Waals surface area contributed by atoms with Crippen LogP contribution in [0.4, 0.5) is 0 Å². The molecular weight excluding hydrogens is 725 g/mol. The molecule has 0 saturated heterocycles. The molecule has 0 spiro atoms. The summed E-state index contributed by atoms with van der Waals surface area (Å²) in [5.74, 6) is 1.09. The Kier molecular flexibility index (Phi) is 5.64. The second kappa shape index (κ2) is 12.7. The molecule has 11 aromatic rings. The highest BCUT2D eigenvalue weighted by atomic mass is 32.1. The summed E-state index contributed by atoms with van der Waals surface area (Å²) in [6, 6.07) is 43.2. The molecule has 0 saturated carbocycles. The maximum Gasteiger partial charge on any atom is 0.166 e. The molecule has 58 heavy (non-hydrogen) atoms. The summed E-state index contributed by atoms with van der Waals surface area (Å²) in [7, 11) is 0. The number of hydrogen-bond acceptors (Lipinski definition) is 4. The van der Waals surface area contributed by atoms with Crippen LogP contribution in [0.2, 0.25) is 0 Å². The predicted molar refractivity (Wildman–Crippen MR) is 241 cm³/mol. The summed E-state index contributed by atoms with van der Waals surface area (Å²) in [5.41, 5.74) is 7.43. The largest absolute Gasteiger partial charge is 0.309 e. The minimum Gasteiger partial charge on any atom is -0.309 e. The number of benzene rings is 8. The number of thiophene rings is 1. The molecule has 3 heterocycles. The SMILES string of the molecule is [2H]c1c([2H])c([2H])c2c(c1[2H])c1c([2H])c([2H])c([2H])c([2H])c1n2-c1ccccc1-c1nc(-c2cccc3c2-c2ccccc2C3(C)c2ccccc2)nc(-c2cccc3c2sc2ccccc23)n1. The van der Waals surface area contributed by atoms with Gasteiger partial charge >= 0.3 is 0 Å². The molecule has 0 bridgehead atoms. The Bertz CT molecular complexity index is 3830. The zero-order valence-electron chi connectivity index (χ0n) is 39.0. The molecule has 1 atom stereocenters. The van der Waals surface area contributed by atoms with Gasteiger partial charge in [-0.15, -0.1) is 11.3 Å². The zero-order chi connectivity index (χ0) is 45.3. The maximum absolute atomic E-state index is 9.24. The number of aromatic nitrogens is 4. The van der Waals surface area contributed by atoms with Crippen LogP contribution in [0.5, 0.6) is 0 Å². The monoisotopic (exact) mass is 766 g/mol. The van der Waals surface area contributed by atoms with Crippen molar-refractivity contribution in [2.45, 2.75) is 12.3 Å². The van der Waals surface area contributed by atoms with Crippen molar-refractivity contribution in [2.75, 3.05) is 0 Å². The van der Waals surface area contributed by atoms with Gasteiger partial charge in [0.1, 0.15) is 0 Å². The molecule has 8 aromatic carbocycles. The molecule has 1 unspecified atom stereocenters. The Labute approximate surface area is 350 Å². The van der Waals surface area contributed by atoms with Gasteiger partial charge in [0.2, 0.25) is 0 Å². The Morgan fingerprint density at radius 1 is 0.483 bits per heavy atom. The van der Waals surface area contributed by atoms with Crippen molar-refractivity contribution in [1.29, 1.82) is 0 Å². The average Bonchev–Trinajstić information content (AvgIpc) is 4.01. The van der Waals surface area contributed by atoms with Crippen molar-refractivity contribution in [3.8, 4) is 51.0 Å². The molecule has 3 aromatic heterocycles. The highest BCUT2D eigenvalue weighted by Gasteiger charge is 2.42. The van der Waals surface area contributed by atoms with E-state index >= 15 is 0 Å². The predicted octanol–water partition coefficient (Wildman–Crippen LogP) is 13.7. The molecule has 1 aliphatic carbocycles. The van der Waals surface area contributed by atoms with Crippen molar-refractivity contribution < 1.29 is 11.0 Å². The highest BCUT2D eigenvalue weighted by molar-refractivity contribution is 7.26. The molecule has 0 aliphatic heterocycles. The van der Waals surface area contributed by atoms with Gasteiger partial charge in [-0.05, 0) is 71.1 Å². The first-order valence-electron chi connectivity index (χ1n) is 23.1. The van der Waals surface area contributed by atoms with Gasteiger partial charge in [0.15, 0.2) is 17.5 Å². The molecule has 272 valence electrons. The first-order chi connectivity index (χ1) is 32.0. The van der Waals surface area contributed by atoms with Crippen LogP contribution in [0.25, 0.3) is 93.0 Å². The van der Waals surface area contributed by atoms with Gasteiger partial charge in [0, 0.05) is 53.1 Å². The summed E-state index contributed by atoms with van der Waals surface area (Å²) in [5, 5.41) is 2.17. The van der Waals surface area contributed by atoms with E-state index in [2.05, 4.69) is 73.7 Å². The number of nitrogens with zero attached hydrogens (tertiary/aromatic N) is 4. The maximum atomic E-state index is 9.24. The lowest BCUT2D eigenvalue weighted by Gasteiger charge is -2.28. The summed E-state index contributed by atoms with van der Waals surface area (Å²) in [6.45, 7) is 2.26. The molecule has 0 N–H and O–H groups in total. The topological polar surface area (TPSA) is 43.6 Å². The van der Waals surface area contributed by atoms with E-state index in [0.29, 0.717) is 22.9 Å². The fourth-order valence-corrected chi connectivity index (χ4v) is 10.2. The quantitative estimate of drug-likeness (QED) is 0.175. The Balaban J connectivity index is 1.19. The first-order valence-corrected chi connectivity index (χ1v) is 19.9. The third-order valence-corrected chi connectivity index (χ3v) is 12.8. The van der Waals surface area contributed by atoms with Crippen LogP contribution in [-0.2, 0) is 5.41 Å². The minimum atomic E-state index is -0.505. The Morgan fingerprint density at radius 3 is 1.83 bits per heavy atom. The van der Waals surface area contributed by atoms with E-state index in [1.807, 2.05) is 60.7 Å². The van der Waals surface area contributed by atoms with Gasteiger partial charge in [-0.25, -0.2) is 15.0 Å².